The van der Waals surface area contributed by atoms with Crippen molar-refractivity contribution < 1.29 is 9.53 Å². The van der Waals surface area contributed by atoms with Gasteiger partial charge in [-0.2, -0.15) is 0 Å². The SMILES string of the molecule is CN(C)C(CNC(=O)CNC(CN1CCOCC1)c1ccccc1)c1ccccc1. The molecule has 1 heterocycles. The molecule has 1 saturated heterocycles. The molecule has 2 aromatic carbocycles. The number of morpholine rings is 1. The normalized spacial score (nSPS) is 16.9. The van der Waals surface area contributed by atoms with E-state index in [4.69, 9.17) is 4.74 Å². The van der Waals surface area contributed by atoms with Gasteiger partial charge in [-0.25, -0.2) is 0 Å². The van der Waals surface area contributed by atoms with Crippen LogP contribution in [0.4, 0.5) is 0 Å². The number of hydrogen-bond acceptors (Lipinski definition) is 5. The molecule has 162 valence electrons. The number of likely N-dealkylation sites (N-methyl/N-ethyl adjacent to an activating group) is 1. The predicted octanol–water partition coefficient (Wildman–Crippen LogP) is 2.07. The van der Waals surface area contributed by atoms with Gasteiger partial charge in [0.25, 0.3) is 0 Å². The maximum absolute atomic E-state index is 12.6. The van der Waals surface area contributed by atoms with Crippen molar-refractivity contribution in [3.05, 3.63) is 71.8 Å². The van der Waals surface area contributed by atoms with Crippen molar-refractivity contribution in [3.63, 3.8) is 0 Å². The lowest BCUT2D eigenvalue weighted by Crippen LogP contribution is -2.44. The molecule has 2 N–H and O–H groups in total. The van der Waals surface area contributed by atoms with Gasteiger partial charge >= 0.3 is 0 Å². The van der Waals surface area contributed by atoms with E-state index in [0.29, 0.717) is 13.1 Å². The number of ether oxygens (including phenoxy) is 1. The molecular weight excluding hydrogens is 376 g/mol. The Balaban J connectivity index is 1.54. The second-order valence-electron chi connectivity index (χ2n) is 7.95. The van der Waals surface area contributed by atoms with Gasteiger partial charge in [0.1, 0.15) is 0 Å². The van der Waals surface area contributed by atoms with Gasteiger partial charge in [0.05, 0.1) is 25.8 Å². The molecule has 1 fully saturated rings. The van der Waals surface area contributed by atoms with Crippen molar-refractivity contribution in [2.75, 3.05) is 60.0 Å². The lowest BCUT2D eigenvalue weighted by molar-refractivity contribution is -0.120. The standard InChI is InChI=1S/C24H34N4O2/c1-27(2)23(21-11-7-4-8-12-21)17-26-24(29)18-25-22(20-9-5-3-6-10-20)19-28-13-15-30-16-14-28/h3-12,22-23,25H,13-19H2,1-2H3,(H,26,29). The van der Waals surface area contributed by atoms with Crippen LogP contribution in [0.5, 0.6) is 0 Å². The van der Waals surface area contributed by atoms with Crippen molar-refractivity contribution in [1.29, 1.82) is 0 Å². The third kappa shape index (κ3) is 6.92. The minimum absolute atomic E-state index is 0.0145. The number of amides is 1. The zero-order valence-electron chi connectivity index (χ0n) is 18.1. The van der Waals surface area contributed by atoms with Gasteiger partial charge in [-0.05, 0) is 25.2 Å². The molecule has 0 bridgehead atoms. The van der Waals surface area contributed by atoms with Gasteiger partial charge in [0, 0.05) is 32.2 Å². The molecule has 0 radical (unpaired) electrons. The molecule has 0 saturated carbocycles. The Morgan fingerprint density at radius 1 is 1.00 bits per heavy atom. The zero-order valence-corrected chi connectivity index (χ0v) is 18.1. The van der Waals surface area contributed by atoms with Crippen LogP contribution < -0.4 is 10.6 Å². The third-order valence-corrected chi connectivity index (χ3v) is 5.56. The van der Waals surface area contributed by atoms with E-state index < -0.39 is 0 Å². The summed E-state index contributed by atoms with van der Waals surface area (Å²) in [7, 11) is 4.08. The van der Waals surface area contributed by atoms with Crippen LogP contribution in [-0.4, -0.2) is 75.7 Å². The molecule has 0 aromatic heterocycles. The van der Waals surface area contributed by atoms with Gasteiger partial charge < -0.3 is 20.3 Å². The molecule has 2 unspecified atom stereocenters. The second kappa shape index (κ2) is 11.8. The quantitative estimate of drug-likeness (QED) is 0.628. The Morgan fingerprint density at radius 3 is 2.20 bits per heavy atom. The molecule has 2 aromatic rings. The van der Waals surface area contributed by atoms with Crippen LogP contribution in [0.3, 0.4) is 0 Å². The first-order valence-electron chi connectivity index (χ1n) is 10.7. The molecular formula is C24H34N4O2. The first-order chi connectivity index (χ1) is 14.6. The topological polar surface area (TPSA) is 56.8 Å². The monoisotopic (exact) mass is 410 g/mol. The second-order valence-corrected chi connectivity index (χ2v) is 7.95. The summed E-state index contributed by atoms with van der Waals surface area (Å²) in [6, 6.07) is 20.9. The predicted molar refractivity (Wildman–Crippen MR) is 120 cm³/mol. The molecule has 0 aliphatic carbocycles. The first-order valence-corrected chi connectivity index (χ1v) is 10.7. The summed E-state index contributed by atoms with van der Waals surface area (Å²) in [5.74, 6) is 0.0145. The number of benzene rings is 2. The summed E-state index contributed by atoms with van der Waals surface area (Å²) in [6.07, 6.45) is 0. The van der Waals surface area contributed by atoms with E-state index in [0.717, 1.165) is 32.8 Å². The van der Waals surface area contributed by atoms with Crippen LogP contribution in [0.15, 0.2) is 60.7 Å². The van der Waals surface area contributed by atoms with Crippen molar-refractivity contribution >= 4 is 5.91 Å². The highest BCUT2D eigenvalue weighted by Crippen LogP contribution is 2.17. The Morgan fingerprint density at radius 2 is 1.60 bits per heavy atom. The van der Waals surface area contributed by atoms with Crippen LogP contribution in [0.25, 0.3) is 0 Å². The summed E-state index contributed by atoms with van der Waals surface area (Å²) < 4.78 is 5.47. The van der Waals surface area contributed by atoms with Gasteiger partial charge in [-0.1, -0.05) is 60.7 Å². The maximum Gasteiger partial charge on any atom is 0.234 e. The summed E-state index contributed by atoms with van der Waals surface area (Å²) >= 11 is 0. The number of rotatable bonds is 10. The van der Waals surface area contributed by atoms with E-state index in [1.54, 1.807) is 0 Å². The van der Waals surface area contributed by atoms with Crippen LogP contribution in [0.1, 0.15) is 23.2 Å². The van der Waals surface area contributed by atoms with E-state index in [2.05, 4.69) is 44.7 Å². The highest BCUT2D eigenvalue weighted by Gasteiger charge is 2.20. The molecule has 1 aliphatic heterocycles. The van der Waals surface area contributed by atoms with Crippen molar-refractivity contribution in [3.8, 4) is 0 Å². The van der Waals surface area contributed by atoms with Gasteiger partial charge in [0.2, 0.25) is 5.91 Å². The summed E-state index contributed by atoms with van der Waals surface area (Å²) in [4.78, 5) is 17.1. The Bertz CT molecular complexity index is 748. The molecule has 2 atom stereocenters. The number of carbonyl (C=O) groups excluding carboxylic acids is 1. The van der Waals surface area contributed by atoms with Crippen molar-refractivity contribution in [1.82, 2.24) is 20.4 Å². The van der Waals surface area contributed by atoms with E-state index in [9.17, 15) is 4.79 Å². The maximum atomic E-state index is 12.6. The Hall–Kier alpha value is -2.25. The smallest absolute Gasteiger partial charge is 0.234 e. The lowest BCUT2D eigenvalue weighted by Gasteiger charge is -2.31. The van der Waals surface area contributed by atoms with Crippen molar-refractivity contribution in [2.45, 2.75) is 12.1 Å². The fraction of sp³-hybridized carbons (Fsp3) is 0.458. The number of carbonyl (C=O) groups is 1. The lowest BCUT2D eigenvalue weighted by atomic mass is 10.1. The van der Waals surface area contributed by atoms with E-state index in [1.807, 2.05) is 50.5 Å². The van der Waals surface area contributed by atoms with Crippen LogP contribution in [0, 0.1) is 0 Å². The summed E-state index contributed by atoms with van der Waals surface area (Å²) in [6.45, 7) is 5.14. The Kier molecular flexibility index (Phi) is 8.83. The minimum Gasteiger partial charge on any atom is -0.379 e. The highest BCUT2D eigenvalue weighted by atomic mass is 16.5. The molecule has 0 spiro atoms. The van der Waals surface area contributed by atoms with E-state index >= 15 is 0 Å². The fourth-order valence-electron chi connectivity index (χ4n) is 3.78. The molecule has 6 heteroatoms. The van der Waals surface area contributed by atoms with Crippen LogP contribution >= 0.6 is 0 Å². The average Bonchev–Trinajstić information content (AvgIpc) is 2.78. The largest absolute Gasteiger partial charge is 0.379 e. The zero-order chi connectivity index (χ0) is 21.2. The Labute approximate surface area is 180 Å². The van der Waals surface area contributed by atoms with E-state index in [1.165, 1.54) is 11.1 Å². The number of hydrogen-bond donors (Lipinski definition) is 2. The fourth-order valence-corrected chi connectivity index (χ4v) is 3.78. The average molecular weight is 411 g/mol. The van der Waals surface area contributed by atoms with Crippen LogP contribution in [-0.2, 0) is 9.53 Å². The van der Waals surface area contributed by atoms with Gasteiger partial charge in [-0.15, -0.1) is 0 Å². The number of nitrogens with zero attached hydrogens (tertiary/aromatic N) is 2. The number of nitrogens with one attached hydrogen (secondary N) is 2. The molecule has 1 aliphatic rings. The van der Waals surface area contributed by atoms with Gasteiger partial charge in [-0.3, -0.25) is 9.69 Å². The van der Waals surface area contributed by atoms with Crippen LogP contribution in [0.2, 0.25) is 0 Å². The summed E-state index contributed by atoms with van der Waals surface area (Å²) in [5, 5.41) is 6.56. The van der Waals surface area contributed by atoms with E-state index in [-0.39, 0.29) is 18.0 Å². The van der Waals surface area contributed by atoms with Crippen molar-refractivity contribution in [2.24, 2.45) is 0 Å². The highest BCUT2D eigenvalue weighted by molar-refractivity contribution is 5.78. The molecule has 30 heavy (non-hydrogen) atoms. The third-order valence-electron chi connectivity index (χ3n) is 5.56. The molecule has 1 amide bonds. The van der Waals surface area contributed by atoms with Gasteiger partial charge in [0.15, 0.2) is 0 Å². The molecule has 6 nitrogen and oxygen atoms in total. The minimum atomic E-state index is 0.0145. The first kappa shape index (κ1) is 22.4. The summed E-state index contributed by atoms with van der Waals surface area (Å²) in [5.41, 5.74) is 2.40. The molecule has 3 rings (SSSR count).